The number of unbranched alkanes of at least 4 members (excludes halogenated alkanes) is 2. The van der Waals surface area contributed by atoms with Crippen LogP contribution >= 0.6 is 0 Å². The molecule has 1 saturated heterocycles. The van der Waals surface area contributed by atoms with Crippen molar-refractivity contribution in [1.82, 2.24) is 0 Å². The average molecular weight is 178 g/mol. The number of rotatable bonds is 2. The number of ether oxygens (including phenoxy) is 1. The number of esters is 1. The minimum Gasteiger partial charge on any atom is -0.430 e. The molecule has 0 aromatic heterocycles. The molecule has 1 fully saturated rings. The fourth-order valence-electron chi connectivity index (χ4n) is 1.04. The molecule has 0 bridgehead atoms. The third-order valence-electron chi connectivity index (χ3n) is 1.81. The highest BCUT2D eigenvalue weighted by Gasteiger charge is 2.15. The first-order valence-electron chi connectivity index (χ1n) is 4.71. The van der Waals surface area contributed by atoms with E-state index in [0.717, 1.165) is 12.8 Å². The average Bonchev–Trinajstić information content (AvgIpc) is 2.51. The van der Waals surface area contributed by atoms with E-state index in [1.807, 2.05) is 0 Å². The first kappa shape index (κ1) is 9.85. The van der Waals surface area contributed by atoms with E-state index in [0.29, 0.717) is 18.6 Å². The Morgan fingerprint density at radius 2 is 2.38 bits per heavy atom. The summed E-state index contributed by atoms with van der Waals surface area (Å²) < 4.78 is 4.89. The van der Waals surface area contributed by atoms with Gasteiger partial charge < -0.3 is 4.74 Å². The van der Waals surface area contributed by atoms with Gasteiger partial charge >= 0.3 is 5.97 Å². The first-order valence-corrected chi connectivity index (χ1v) is 4.71. The summed E-state index contributed by atoms with van der Waals surface area (Å²) in [5.41, 5.74) is 0. The second-order valence-electron chi connectivity index (χ2n) is 3.01. The lowest BCUT2D eigenvalue weighted by Gasteiger charge is -1.89. The molecule has 1 rings (SSSR count). The monoisotopic (exact) mass is 178 g/mol. The summed E-state index contributed by atoms with van der Waals surface area (Å²) in [5, 5.41) is 0. The number of carbonyl (C=O) groups is 1. The summed E-state index contributed by atoms with van der Waals surface area (Å²) in [6.07, 6.45) is 6.15. The van der Waals surface area contributed by atoms with E-state index in [1.54, 1.807) is 6.08 Å². The SMILES string of the molecule is CCCCC#C/C=C1\CCC(=O)O1. The van der Waals surface area contributed by atoms with Crippen molar-refractivity contribution in [1.29, 1.82) is 0 Å². The molecule has 0 aromatic rings. The number of hydrogen-bond acceptors (Lipinski definition) is 2. The van der Waals surface area contributed by atoms with E-state index in [1.165, 1.54) is 6.42 Å². The summed E-state index contributed by atoms with van der Waals surface area (Å²) in [6, 6.07) is 0. The van der Waals surface area contributed by atoms with Crippen LogP contribution < -0.4 is 0 Å². The van der Waals surface area contributed by atoms with Gasteiger partial charge in [0, 0.05) is 18.9 Å². The molecule has 2 nitrogen and oxygen atoms in total. The zero-order valence-corrected chi connectivity index (χ0v) is 7.93. The van der Waals surface area contributed by atoms with Gasteiger partial charge in [-0.05, 0) is 6.42 Å². The number of carbonyl (C=O) groups excluding carboxylic acids is 1. The van der Waals surface area contributed by atoms with Gasteiger partial charge in [-0.2, -0.15) is 0 Å². The fourth-order valence-corrected chi connectivity index (χ4v) is 1.04. The van der Waals surface area contributed by atoms with Crippen molar-refractivity contribution in [2.75, 3.05) is 0 Å². The van der Waals surface area contributed by atoms with Crippen molar-refractivity contribution in [2.45, 2.75) is 39.0 Å². The molecule has 1 aliphatic rings. The smallest absolute Gasteiger partial charge is 0.311 e. The van der Waals surface area contributed by atoms with Crippen LogP contribution in [-0.4, -0.2) is 5.97 Å². The van der Waals surface area contributed by atoms with Crippen molar-refractivity contribution in [3.8, 4) is 11.8 Å². The van der Waals surface area contributed by atoms with Crippen molar-refractivity contribution in [3.05, 3.63) is 11.8 Å². The lowest BCUT2D eigenvalue weighted by atomic mass is 10.2. The van der Waals surface area contributed by atoms with Crippen LogP contribution in [0.4, 0.5) is 0 Å². The molecule has 0 saturated carbocycles. The van der Waals surface area contributed by atoms with Gasteiger partial charge in [0.15, 0.2) is 0 Å². The van der Waals surface area contributed by atoms with Crippen LogP contribution in [0.2, 0.25) is 0 Å². The van der Waals surface area contributed by atoms with Crippen LogP contribution in [0.3, 0.4) is 0 Å². The van der Waals surface area contributed by atoms with E-state index < -0.39 is 0 Å². The summed E-state index contributed by atoms with van der Waals surface area (Å²) in [4.78, 5) is 10.7. The van der Waals surface area contributed by atoms with E-state index in [-0.39, 0.29) is 5.97 Å². The Bertz CT molecular complexity index is 266. The molecule has 0 aliphatic carbocycles. The van der Waals surface area contributed by atoms with Crippen LogP contribution in [0.15, 0.2) is 11.8 Å². The predicted octanol–water partition coefficient (Wildman–Crippen LogP) is 2.40. The van der Waals surface area contributed by atoms with Crippen LogP contribution in [0.1, 0.15) is 39.0 Å². The molecule has 0 amide bonds. The Kier molecular flexibility index (Phi) is 4.11. The summed E-state index contributed by atoms with van der Waals surface area (Å²) >= 11 is 0. The second kappa shape index (κ2) is 5.42. The molecule has 0 atom stereocenters. The molecule has 0 spiro atoms. The van der Waals surface area contributed by atoms with Gasteiger partial charge in [-0.15, -0.1) is 0 Å². The lowest BCUT2D eigenvalue weighted by Crippen LogP contribution is -1.88. The van der Waals surface area contributed by atoms with Crippen molar-refractivity contribution >= 4 is 5.97 Å². The molecule has 0 N–H and O–H groups in total. The van der Waals surface area contributed by atoms with Crippen LogP contribution in [0, 0.1) is 11.8 Å². The van der Waals surface area contributed by atoms with Crippen molar-refractivity contribution in [2.24, 2.45) is 0 Å². The summed E-state index contributed by atoms with van der Waals surface area (Å²) in [5.74, 6) is 6.48. The third-order valence-corrected chi connectivity index (χ3v) is 1.81. The maximum atomic E-state index is 10.7. The van der Waals surface area contributed by atoms with E-state index >= 15 is 0 Å². The minimum absolute atomic E-state index is 0.137. The zero-order valence-electron chi connectivity index (χ0n) is 7.93. The molecule has 1 heterocycles. The summed E-state index contributed by atoms with van der Waals surface area (Å²) in [6.45, 7) is 2.14. The molecule has 0 unspecified atom stereocenters. The third kappa shape index (κ3) is 3.80. The highest BCUT2D eigenvalue weighted by atomic mass is 16.5. The largest absolute Gasteiger partial charge is 0.430 e. The summed E-state index contributed by atoms with van der Waals surface area (Å²) in [7, 11) is 0. The van der Waals surface area contributed by atoms with Gasteiger partial charge in [0.05, 0.1) is 6.42 Å². The van der Waals surface area contributed by atoms with E-state index in [9.17, 15) is 4.79 Å². The van der Waals surface area contributed by atoms with Crippen LogP contribution in [-0.2, 0) is 9.53 Å². The number of cyclic esters (lactones) is 1. The highest BCUT2D eigenvalue weighted by molar-refractivity contribution is 5.73. The van der Waals surface area contributed by atoms with Crippen molar-refractivity contribution in [3.63, 3.8) is 0 Å². The predicted molar refractivity (Wildman–Crippen MR) is 50.7 cm³/mol. The maximum absolute atomic E-state index is 10.7. The Morgan fingerprint density at radius 1 is 1.54 bits per heavy atom. The minimum atomic E-state index is -0.137. The van der Waals surface area contributed by atoms with Gasteiger partial charge in [-0.1, -0.05) is 25.2 Å². The Morgan fingerprint density at radius 3 is 3.00 bits per heavy atom. The zero-order chi connectivity index (χ0) is 9.52. The molecule has 0 aromatic carbocycles. The molecule has 2 heteroatoms. The topological polar surface area (TPSA) is 26.3 Å². The van der Waals surface area contributed by atoms with E-state index in [4.69, 9.17) is 4.74 Å². The van der Waals surface area contributed by atoms with E-state index in [2.05, 4.69) is 18.8 Å². The second-order valence-corrected chi connectivity index (χ2v) is 3.01. The fraction of sp³-hybridized carbons (Fsp3) is 0.545. The van der Waals surface area contributed by atoms with Gasteiger partial charge in [0.25, 0.3) is 0 Å². The Labute approximate surface area is 79.0 Å². The van der Waals surface area contributed by atoms with Crippen LogP contribution in [0.5, 0.6) is 0 Å². The van der Waals surface area contributed by atoms with Crippen molar-refractivity contribution < 1.29 is 9.53 Å². The molecule has 1 aliphatic heterocycles. The molecular formula is C11H14O2. The van der Waals surface area contributed by atoms with Crippen LogP contribution in [0.25, 0.3) is 0 Å². The van der Waals surface area contributed by atoms with Gasteiger partial charge in [-0.25, -0.2) is 0 Å². The molecule has 13 heavy (non-hydrogen) atoms. The standard InChI is InChI=1S/C11H14O2/c1-2-3-4-5-6-7-10-8-9-11(12)13-10/h7H,2-4,8-9H2,1H3/b10-7+. The number of allylic oxidation sites excluding steroid dienone is 2. The number of hydrogen-bond donors (Lipinski definition) is 0. The van der Waals surface area contributed by atoms with Gasteiger partial charge in [0.2, 0.25) is 0 Å². The molecule has 0 radical (unpaired) electrons. The molecular weight excluding hydrogens is 164 g/mol. The van der Waals surface area contributed by atoms with Gasteiger partial charge in [-0.3, -0.25) is 4.79 Å². The normalized spacial score (nSPS) is 18.2. The highest BCUT2D eigenvalue weighted by Crippen LogP contribution is 2.16. The Balaban J connectivity index is 2.29. The quantitative estimate of drug-likeness (QED) is 0.368. The van der Waals surface area contributed by atoms with Gasteiger partial charge in [0.1, 0.15) is 5.76 Å². The first-order chi connectivity index (χ1) is 6.33. The Hall–Kier alpha value is -1.23. The molecule has 70 valence electrons. The lowest BCUT2D eigenvalue weighted by molar-refractivity contribution is -0.135. The maximum Gasteiger partial charge on any atom is 0.311 e.